The average molecular weight is 823 g/mol. The zero-order valence-corrected chi connectivity index (χ0v) is 34.6. The second-order valence-corrected chi connectivity index (χ2v) is 17.0. The Morgan fingerprint density at radius 1 is 0.365 bits per heavy atom. The third-order valence-electron chi connectivity index (χ3n) is 12.3. The quantitative estimate of drug-likeness (QED) is 0.168. The minimum absolute atomic E-state index is 0.651. The van der Waals surface area contributed by atoms with E-state index in [4.69, 9.17) is 19.4 Å². The van der Waals surface area contributed by atoms with Crippen molar-refractivity contribution in [2.45, 2.75) is 0 Å². The molecule has 0 N–H and O–H groups in total. The van der Waals surface area contributed by atoms with E-state index >= 15 is 0 Å². The Morgan fingerprint density at radius 2 is 0.952 bits per heavy atom. The van der Waals surface area contributed by atoms with E-state index in [0.29, 0.717) is 17.5 Å². The Morgan fingerprint density at radius 3 is 1.76 bits per heavy atom. The van der Waals surface area contributed by atoms with Gasteiger partial charge in [-0.15, -0.1) is 11.3 Å². The van der Waals surface area contributed by atoms with Gasteiger partial charge in [0.15, 0.2) is 17.5 Å². The van der Waals surface area contributed by atoms with Crippen LogP contribution in [0.4, 0.5) is 0 Å². The number of fused-ring (bicyclic) bond motifs is 9. The molecule has 5 nitrogen and oxygen atoms in total. The molecule has 0 bridgehead atoms. The molecule has 4 heterocycles. The fourth-order valence-corrected chi connectivity index (χ4v) is 10.5. The molecule has 0 saturated heterocycles. The molecule has 13 aromatic rings. The van der Waals surface area contributed by atoms with Crippen LogP contribution in [0.5, 0.6) is 0 Å². The van der Waals surface area contributed by atoms with Crippen molar-refractivity contribution in [3.8, 4) is 62.1 Å². The average Bonchev–Trinajstić information content (AvgIpc) is 4.04. The second kappa shape index (κ2) is 14.2. The van der Waals surface area contributed by atoms with Crippen LogP contribution in [0.15, 0.2) is 211 Å². The van der Waals surface area contributed by atoms with Crippen molar-refractivity contribution in [2.75, 3.05) is 0 Å². The molecule has 13 rings (SSSR count). The number of hydrogen-bond acceptors (Lipinski definition) is 5. The Hall–Kier alpha value is -8.19. The normalized spacial score (nSPS) is 11.8. The lowest BCUT2D eigenvalue weighted by Crippen LogP contribution is -2.00. The smallest absolute Gasteiger partial charge is 0.164 e. The van der Waals surface area contributed by atoms with Crippen LogP contribution < -0.4 is 0 Å². The first kappa shape index (κ1) is 35.6. The van der Waals surface area contributed by atoms with Crippen molar-refractivity contribution in [1.29, 1.82) is 0 Å². The van der Waals surface area contributed by atoms with Crippen molar-refractivity contribution in [2.24, 2.45) is 0 Å². The monoisotopic (exact) mass is 822 g/mol. The van der Waals surface area contributed by atoms with Crippen molar-refractivity contribution < 1.29 is 4.42 Å². The lowest BCUT2D eigenvalue weighted by Gasteiger charge is -2.14. The Kier molecular flexibility index (Phi) is 8.01. The van der Waals surface area contributed by atoms with E-state index in [1.54, 1.807) is 11.3 Å². The van der Waals surface area contributed by atoms with Gasteiger partial charge >= 0.3 is 0 Å². The van der Waals surface area contributed by atoms with Gasteiger partial charge in [-0.05, 0) is 59.7 Å². The molecule has 4 aromatic heterocycles. The molecule has 9 aromatic carbocycles. The molecule has 0 aliphatic heterocycles. The standard InChI is InChI=1S/C57H34N4OS/c1-3-15-35(16-4-1)55-58-56(36-17-5-2-6-18-36)60-57(59-55)44-24-14-28-52-53(44)46-34-38(30-32-51(46)63-52)37-29-31-49-45(33-37)40-20-8-11-26-48(40)61(49)47-25-10-7-19-39(47)42-22-13-23-43-41-21-9-12-27-50(41)62-54(42)43/h1-34H. The van der Waals surface area contributed by atoms with Gasteiger partial charge in [0.1, 0.15) is 11.2 Å². The highest BCUT2D eigenvalue weighted by molar-refractivity contribution is 7.26. The van der Waals surface area contributed by atoms with Crippen molar-refractivity contribution >= 4 is 75.3 Å². The molecule has 0 fully saturated rings. The van der Waals surface area contributed by atoms with Gasteiger partial charge in [0.05, 0.1) is 16.7 Å². The molecule has 0 atom stereocenters. The summed E-state index contributed by atoms with van der Waals surface area (Å²) in [4.78, 5) is 15.2. The summed E-state index contributed by atoms with van der Waals surface area (Å²) in [6, 6.07) is 72.7. The number of rotatable bonds is 6. The zero-order valence-electron chi connectivity index (χ0n) is 33.7. The van der Waals surface area contributed by atoms with Crippen LogP contribution in [0.25, 0.3) is 126 Å². The van der Waals surface area contributed by atoms with E-state index in [1.165, 1.54) is 25.6 Å². The van der Waals surface area contributed by atoms with E-state index in [2.05, 4.69) is 162 Å². The first-order valence-corrected chi connectivity index (χ1v) is 21.9. The first-order valence-electron chi connectivity index (χ1n) is 21.1. The number of aromatic nitrogens is 4. The van der Waals surface area contributed by atoms with Gasteiger partial charge in [0.25, 0.3) is 0 Å². The van der Waals surface area contributed by atoms with E-state index in [9.17, 15) is 0 Å². The Balaban J connectivity index is 0.971. The molecular formula is C57H34N4OS. The number of para-hydroxylation sites is 4. The van der Waals surface area contributed by atoms with Gasteiger partial charge in [-0.2, -0.15) is 0 Å². The maximum absolute atomic E-state index is 6.56. The van der Waals surface area contributed by atoms with E-state index in [1.807, 2.05) is 48.5 Å². The van der Waals surface area contributed by atoms with Crippen LogP contribution in [0.1, 0.15) is 0 Å². The molecule has 0 aliphatic carbocycles. The van der Waals surface area contributed by atoms with Gasteiger partial charge < -0.3 is 8.98 Å². The van der Waals surface area contributed by atoms with Crippen molar-refractivity contribution in [1.82, 2.24) is 19.5 Å². The van der Waals surface area contributed by atoms with Crippen LogP contribution >= 0.6 is 11.3 Å². The predicted molar refractivity (Wildman–Crippen MR) is 262 cm³/mol. The van der Waals surface area contributed by atoms with Crippen LogP contribution in [0.3, 0.4) is 0 Å². The van der Waals surface area contributed by atoms with Crippen LogP contribution in [0, 0.1) is 0 Å². The van der Waals surface area contributed by atoms with E-state index in [-0.39, 0.29) is 0 Å². The minimum atomic E-state index is 0.651. The summed E-state index contributed by atoms with van der Waals surface area (Å²) in [5.74, 6) is 1.96. The topological polar surface area (TPSA) is 56.7 Å². The number of nitrogens with zero attached hydrogens (tertiary/aromatic N) is 4. The predicted octanol–water partition coefficient (Wildman–Crippen LogP) is 15.6. The molecule has 0 saturated carbocycles. The molecule has 6 heteroatoms. The highest BCUT2D eigenvalue weighted by Gasteiger charge is 2.21. The van der Waals surface area contributed by atoms with Crippen molar-refractivity contribution in [3.05, 3.63) is 206 Å². The van der Waals surface area contributed by atoms with Crippen LogP contribution in [0.2, 0.25) is 0 Å². The molecular weight excluding hydrogens is 789 g/mol. The zero-order chi connectivity index (χ0) is 41.4. The second-order valence-electron chi connectivity index (χ2n) is 15.9. The fourth-order valence-electron chi connectivity index (χ4n) is 9.39. The molecule has 0 spiro atoms. The highest BCUT2D eigenvalue weighted by atomic mass is 32.1. The number of benzene rings is 9. The van der Waals surface area contributed by atoms with Gasteiger partial charge in [-0.1, -0.05) is 158 Å². The number of hydrogen-bond donors (Lipinski definition) is 0. The summed E-state index contributed by atoms with van der Waals surface area (Å²) in [5, 5.41) is 6.98. The van der Waals surface area contributed by atoms with E-state index < -0.39 is 0 Å². The molecule has 0 amide bonds. The minimum Gasteiger partial charge on any atom is -0.455 e. The van der Waals surface area contributed by atoms with Gasteiger partial charge in [0.2, 0.25) is 0 Å². The summed E-state index contributed by atoms with van der Waals surface area (Å²) < 4.78 is 11.4. The SMILES string of the molecule is c1ccc(-c2nc(-c3ccccc3)nc(-c3cccc4sc5ccc(-c6ccc7c(c6)c6ccccc6n7-c6ccccc6-c6cccc7c6oc6ccccc67)cc5c34)n2)cc1. The Bertz CT molecular complexity index is 3860. The Labute approximate surface area is 365 Å². The summed E-state index contributed by atoms with van der Waals surface area (Å²) >= 11 is 1.80. The molecule has 0 aliphatic rings. The van der Waals surface area contributed by atoms with Crippen molar-refractivity contribution in [3.63, 3.8) is 0 Å². The number of furan rings is 1. The van der Waals surface area contributed by atoms with Gasteiger partial charge in [-0.3, -0.25) is 0 Å². The molecule has 294 valence electrons. The van der Waals surface area contributed by atoms with E-state index in [0.717, 1.165) is 83.0 Å². The maximum Gasteiger partial charge on any atom is 0.164 e. The third-order valence-corrected chi connectivity index (χ3v) is 13.4. The third kappa shape index (κ3) is 5.73. The summed E-state index contributed by atoms with van der Waals surface area (Å²) in [7, 11) is 0. The van der Waals surface area contributed by atoms with Crippen LogP contribution in [-0.2, 0) is 0 Å². The highest BCUT2D eigenvalue weighted by Crippen LogP contribution is 2.44. The maximum atomic E-state index is 6.56. The first-order chi connectivity index (χ1) is 31.2. The lowest BCUT2D eigenvalue weighted by molar-refractivity contribution is 0.670. The summed E-state index contributed by atoms with van der Waals surface area (Å²) in [6.45, 7) is 0. The fraction of sp³-hybridized carbons (Fsp3) is 0. The molecule has 0 unspecified atom stereocenters. The number of thiophene rings is 1. The van der Waals surface area contributed by atoms with Gasteiger partial charge in [-0.25, -0.2) is 15.0 Å². The molecule has 63 heavy (non-hydrogen) atoms. The summed E-state index contributed by atoms with van der Waals surface area (Å²) in [5.41, 5.74) is 12.6. The lowest BCUT2D eigenvalue weighted by atomic mass is 9.99. The van der Waals surface area contributed by atoms with Crippen LogP contribution in [-0.4, -0.2) is 19.5 Å². The largest absolute Gasteiger partial charge is 0.455 e. The van der Waals surface area contributed by atoms with Gasteiger partial charge in [0, 0.05) is 69.5 Å². The molecule has 0 radical (unpaired) electrons. The summed E-state index contributed by atoms with van der Waals surface area (Å²) in [6.07, 6.45) is 0.